The van der Waals surface area contributed by atoms with Crippen molar-refractivity contribution < 1.29 is 22.8 Å². The molecule has 0 heterocycles. The van der Waals surface area contributed by atoms with Crippen LogP contribution in [0.5, 0.6) is 0 Å². The molecular formula is C19H14F3NO2. The summed E-state index contributed by atoms with van der Waals surface area (Å²) in [5.41, 5.74) is 0.507. The number of alkyl halides is 3. The van der Waals surface area contributed by atoms with E-state index in [2.05, 4.69) is 17.2 Å². The Bertz CT molecular complexity index is 872. The lowest BCUT2D eigenvalue weighted by Crippen LogP contribution is -2.19. The number of anilines is 1. The van der Waals surface area contributed by atoms with Crippen LogP contribution in [0.25, 0.3) is 0 Å². The molecule has 1 amide bonds. The van der Waals surface area contributed by atoms with Gasteiger partial charge in [0.1, 0.15) is 0 Å². The van der Waals surface area contributed by atoms with Crippen LogP contribution in [-0.4, -0.2) is 11.7 Å². The lowest BCUT2D eigenvalue weighted by molar-refractivity contribution is -0.137. The number of ketones is 1. The van der Waals surface area contributed by atoms with Crippen LogP contribution in [0.4, 0.5) is 18.9 Å². The number of benzene rings is 2. The molecule has 0 unspecified atom stereocenters. The highest BCUT2D eigenvalue weighted by molar-refractivity contribution is 6.39. The number of nitrogens with one attached hydrogen (secondary N) is 1. The van der Waals surface area contributed by atoms with E-state index in [1.807, 2.05) is 0 Å². The lowest BCUT2D eigenvalue weighted by atomic mass is 10.0. The van der Waals surface area contributed by atoms with E-state index in [-0.39, 0.29) is 5.56 Å². The second-order valence-corrected chi connectivity index (χ2v) is 5.38. The van der Waals surface area contributed by atoms with E-state index in [1.165, 1.54) is 18.2 Å². The van der Waals surface area contributed by atoms with Gasteiger partial charge in [0.2, 0.25) is 5.78 Å². The highest BCUT2D eigenvalue weighted by Gasteiger charge is 2.33. The minimum Gasteiger partial charge on any atom is -0.319 e. The van der Waals surface area contributed by atoms with Crippen molar-refractivity contribution in [2.75, 3.05) is 5.32 Å². The van der Waals surface area contributed by atoms with E-state index >= 15 is 0 Å². The zero-order chi connectivity index (χ0) is 18.6. The van der Waals surface area contributed by atoms with Gasteiger partial charge in [0.25, 0.3) is 5.91 Å². The highest BCUT2D eigenvalue weighted by atomic mass is 19.4. The summed E-state index contributed by atoms with van der Waals surface area (Å²) in [5.74, 6) is 3.83. The zero-order valence-corrected chi connectivity index (χ0v) is 13.5. The number of aryl methyl sites for hydroxylation is 1. The SMILES string of the molecule is CC(=O)C(=O)Nc1ccc(C#Cc2ccc(C)cc2C(F)(F)F)cc1. The Hall–Kier alpha value is -3.07. The van der Waals surface area contributed by atoms with E-state index in [1.54, 1.807) is 25.1 Å². The summed E-state index contributed by atoms with van der Waals surface area (Å²) in [6.45, 7) is 2.73. The molecule has 0 fully saturated rings. The summed E-state index contributed by atoms with van der Waals surface area (Å²) in [7, 11) is 0. The number of amides is 1. The molecule has 0 aliphatic rings. The summed E-state index contributed by atoms with van der Waals surface area (Å²) in [6, 6.07) is 10.1. The van der Waals surface area contributed by atoms with Gasteiger partial charge < -0.3 is 5.32 Å². The maximum absolute atomic E-state index is 13.1. The molecule has 0 bridgehead atoms. The van der Waals surface area contributed by atoms with Gasteiger partial charge in [-0.05, 0) is 43.3 Å². The van der Waals surface area contributed by atoms with Crippen molar-refractivity contribution in [3.63, 3.8) is 0 Å². The predicted octanol–water partition coefficient (Wildman–Crippen LogP) is 3.94. The Morgan fingerprint density at radius 3 is 2.20 bits per heavy atom. The Morgan fingerprint density at radius 2 is 1.64 bits per heavy atom. The quantitative estimate of drug-likeness (QED) is 0.662. The molecule has 128 valence electrons. The van der Waals surface area contributed by atoms with Gasteiger partial charge in [-0.25, -0.2) is 0 Å². The minimum atomic E-state index is -4.48. The van der Waals surface area contributed by atoms with E-state index in [4.69, 9.17) is 0 Å². The van der Waals surface area contributed by atoms with Gasteiger partial charge in [-0.3, -0.25) is 9.59 Å². The molecule has 0 aliphatic carbocycles. The van der Waals surface area contributed by atoms with E-state index < -0.39 is 23.4 Å². The van der Waals surface area contributed by atoms with Gasteiger partial charge in [0.15, 0.2) is 0 Å². The van der Waals surface area contributed by atoms with Gasteiger partial charge in [-0.2, -0.15) is 13.2 Å². The first-order valence-corrected chi connectivity index (χ1v) is 7.28. The Morgan fingerprint density at radius 1 is 1.00 bits per heavy atom. The number of Topliss-reactive ketones (excluding diaryl/α,β-unsaturated/α-hetero) is 1. The van der Waals surface area contributed by atoms with Crippen molar-refractivity contribution in [1.29, 1.82) is 0 Å². The van der Waals surface area contributed by atoms with Gasteiger partial charge in [0.05, 0.1) is 5.56 Å². The monoisotopic (exact) mass is 345 g/mol. The molecule has 0 atom stereocenters. The smallest absolute Gasteiger partial charge is 0.319 e. The lowest BCUT2D eigenvalue weighted by Gasteiger charge is -2.09. The molecule has 2 rings (SSSR count). The van der Waals surface area contributed by atoms with E-state index in [0.717, 1.165) is 13.0 Å². The molecule has 1 N–H and O–H groups in total. The first-order valence-electron chi connectivity index (χ1n) is 7.28. The van der Waals surface area contributed by atoms with Gasteiger partial charge in [0, 0.05) is 23.7 Å². The van der Waals surface area contributed by atoms with Crippen molar-refractivity contribution in [3.05, 3.63) is 64.7 Å². The molecule has 2 aromatic carbocycles. The topological polar surface area (TPSA) is 46.2 Å². The number of hydrogen-bond acceptors (Lipinski definition) is 2. The molecule has 0 radical (unpaired) electrons. The highest BCUT2D eigenvalue weighted by Crippen LogP contribution is 2.32. The summed E-state index contributed by atoms with van der Waals surface area (Å²) >= 11 is 0. The van der Waals surface area contributed by atoms with Crippen molar-refractivity contribution in [2.45, 2.75) is 20.0 Å². The third-order valence-corrected chi connectivity index (χ3v) is 3.28. The van der Waals surface area contributed by atoms with Crippen molar-refractivity contribution in [2.24, 2.45) is 0 Å². The first-order chi connectivity index (χ1) is 11.7. The summed E-state index contributed by atoms with van der Waals surface area (Å²) < 4.78 is 39.2. The van der Waals surface area contributed by atoms with Crippen LogP contribution in [0.2, 0.25) is 0 Å². The van der Waals surface area contributed by atoms with Gasteiger partial charge in [-0.1, -0.05) is 23.5 Å². The number of hydrogen-bond donors (Lipinski definition) is 1. The maximum atomic E-state index is 13.1. The first kappa shape index (κ1) is 18.3. The number of halogens is 3. The normalized spacial score (nSPS) is 10.6. The molecule has 0 saturated carbocycles. The molecule has 0 aliphatic heterocycles. The van der Waals surface area contributed by atoms with Crippen LogP contribution in [0, 0.1) is 18.8 Å². The second kappa shape index (κ2) is 7.22. The molecular weight excluding hydrogens is 331 g/mol. The average Bonchev–Trinajstić information content (AvgIpc) is 2.54. The fourth-order valence-corrected chi connectivity index (χ4v) is 2.00. The van der Waals surface area contributed by atoms with E-state index in [0.29, 0.717) is 16.8 Å². The molecule has 0 aromatic heterocycles. The van der Waals surface area contributed by atoms with Crippen LogP contribution in [0.15, 0.2) is 42.5 Å². The zero-order valence-electron chi connectivity index (χ0n) is 13.5. The largest absolute Gasteiger partial charge is 0.417 e. The molecule has 0 saturated heterocycles. The molecule has 25 heavy (non-hydrogen) atoms. The summed E-state index contributed by atoms with van der Waals surface area (Å²) in [6.07, 6.45) is -4.48. The third kappa shape index (κ3) is 4.95. The number of rotatable bonds is 2. The summed E-state index contributed by atoms with van der Waals surface area (Å²) in [4.78, 5) is 22.2. The molecule has 6 heteroatoms. The maximum Gasteiger partial charge on any atom is 0.417 e. The Balaban J connectivity index is 2.25. The van der Waals surface area contributed by atoms with Crippen LogP contribution in [-0.2, 0) is 15.8 Å². The molecule has 2 aromatic rings. The Labute approximate surface area is 142 Å². The number of carbonyl (C=O) groups excluding carboxylic acids is 2. The average molecular weight is 345 g/mol. The van der Waals surface area contributed by atoms with Gasteiger partial charge in [-0.15, -0.1) is 0 Å². The minimum absolute atomic E-state index is 0.105. The van der Waals surface area contributed by atoms with Crippen LogP contribution >= 0.6 is 0 Å². The fraction of sp³-hybridized carbons (Fsp3) is 0.158. The van der Waals surface area contributed by atoms with E-state index in [9.17, 15) is 22.8 Å². The van der Waals surface area contributed by atoms with Crippen LogP contribution in [0.3, 0.4) is 0 Å². The standard InChI is InChI=1S/C19H14F3NO2/c1-12-3-7-15(17(11-12)19(20,21)22)8-4-14-5-9-16(10-6-14)23-18(25)13(2)24/h3,5-7,9-11H,1-2H3,(H,23,25). The summed E-state index contributed by atoms with van der Waals surface area (Å²) in [5, 5.41) is 2.39. The molecule has 0 spiro atoms. The van der Waals surface area contributed by atoms with Crippen LogP contribution < -0.4 is 5.32 Å². The van der Waals surface area contributed by atoms with Crippen molar-refractivity contribution in [1.82, 2.24) is 0 Å². The molecule has 3 nitrogen and oxygen atoms in total. The Kier molecular flexibility index (Phi) is 5.28. The van der Waals surface area contributed by atoms with Gasteiger partial charge >= 0.3 is 6.18 Å². The predicted molar refractivity (Wildman–Crippen MR) is 87.9 cm³/mol. The second-order valence-electron chi connectivity index (χ2n) is 5.38. The number of carbonyl (C=O) groups is 2. The van der Waals surface area contributed by atoms with Crippen LogP contribution in [0.1, 0.15) is 29.2 Å². The van der Waals surface area contributed by atoms with Crippen molar-refractivity contribution >= 4 is 17.4 Å². The van der Waals surface area contributed by atoms with Crippen molar-refractivity contribution in [3.8, 4) is 11.8 Å². The third-order valence-electron chi connectivity index (χ3n) is 3.28. The fourth-order valence-electron chi connectivity index (χ4n) is 2.00.